The Balaban J connectivity index is 1.67. The number of amides is 1. The molecule has 13 heteroatoms. The maximum Gasteiger partial charge on any atom is 0.509 e. The van der Waals surface area contributed by atoms with Gasteiger partial charge in [0.25, 0.3) is 0 Å². The summed E-state index contributed by atoms with van der Waals surface area (Å²) in [5.74, 6) is -2.56. The molecular formula is C30H50N2O11. The van der Waals surface area contributed by atoms with Gasteiger partial charge in [-0.1, -0.05) is 20.8 Å². The summed E-state index contributed by atoms with van der Waals surface area (Å²) in [6.07, 6.45) is -5.92. The van der Waals surface area contributed by atoms with E-state index in [9.17, 15) is 24.6 Å². The van der Waals surface area contributed by atoms with E-state index in [0.717, 1.165) is 0 Å². The molecule has 0 saturated carbocycles. The largest absolute Gasteiger partial charge is 0.509 e. The lowest BCUT2D eigenvalue weighted by Gasteiger charge is -2.45. The van der Waals surface area contributed by atoms with E-state index in [4.69, 9.17) is 28.4 Å². The maximum absolute atomic E-state index is 13.5. The predicted molar refractivity (Wildman–Crippen MR) is 152 cm³/mol. The van der Waals surface area contributed by atoms with Gasteiger partial charge < -0.3 is 48.4 Å². The van der Waals surface area contributed by atoms with Crippen LogP contribution in [0.1, 0.15) is 67.7 Å². The van der Waals surface area contributed by atoms with Gasteiger partial charge in [0.1, 0.15) is 6.10 Å². The van der Waals surface area contributed by atoms with Gasteiger partial charge in [-0.2, -0.15) is 0 Å². The Hall–Kier alpha value is -2.19. The van der Waals surface area contributed by atoms with Gasteiger partial charge in [-0.25, -0.2) is 9.59 Å². The highest BCUT2D eigenvalue weighted by Crippen LogP contribution is 2.39. The number of cyclic esters (lactones) is 1. The second kappa shape index (κ2) is 12.7. The van der Waals surface area contributed by atoms with Crippen LogP contribution < -0.4 is 0 Å². The number of aliphatic hydroxyl groups excluding tert-OH is 1. The van der Waals surface area contributed by atoms with Gasteiger partial charge in [-0.05, 0) is 59.9 Å². The standard InChI is InChI=1S/C30H50N2O11/c1-10-20-30(7)21(40-28(36)43-30)14-31(8)13-15(2)12-29(6,37)24(17(4)22(33)18(5)25(34)39-20)42-26-23-19(11-16(3)38-26)32(9)27(35)41-23/h15-24,26,33,37H,10-14H2,1-9H3/t15-,16-,17+,18-,19+,20-,21-,22-,23-,24-,26+,29-,30-/m1/s1. The zero-order valence-electron chi connectivity index (χ0n) is 26.8. The monoisotopic (exact) mass is 614 g/mol. The summed E-state index contributed by atoms with van der Waals surface area (Å²) in [6, 6.07) is -0.265. The molecule has 4 aliphatic heterocycles. The first-order chi connectivity index (χ1) is 20.0. The molecule has 0 bridgehead atoms. The van der Waals surface area contributed by atoms with Crippen molar-refractivity contribution in [3.05, 3.63) is 0 Å². The fourth-order valence-corrected chi connectivity index (χ4v) is 7.35. The molecule has 0 aromatic rings. The third-order valence-electron chi connectivity index (χ3n) is 9.72. The average molecular weight is 615 g/mol. The number of hydrogen-bond donors (Lipinski definition) is 2. The molecule has 2 N–H and O–H groups in total. The minimum atomic E-state index is -1.50. The molecule has 43 heavy (non-hydrogen) atoms. The summed E-state index contributed by atoms with van der Waals surface area (Å²) in [7, 11) is 3.55. The molecule has 0 radical (unpaired) electrons. The number of aliphatic hydroxyl groups is 2. The lowest BCUT2D eigenvalue weighted by molar-refractivity contribution is -0.288. The normalized spacial score (nSPS) is 46.9. The van der Waals surface area contributed by atoms with Crippen LogP contribution in [0.5, 0.6) is 0 Å². The number of carbonyl (C=O) groups is 3. The fourth-order valence-electron chi connectivity index (χ4n) is 7.35. The molecule has 4 saturated heterocycles. The molecule has 4 rings (SSSR count). The molecule has 246 valence electrons. The highest BCUT2D eigenvalue weighted by molar-refractivity contribution is 5.73. The Morgan fingerprint density at radius 1 is 1.02 bits per heavy atom. The van der Waals surface area contributed by atoms with Crippen LogP contribution in [0.2, 0.25) is 0 Å². The third-order valence-corrected chi connectivity index (χ3v) is 9.72. The van der Waals surface area contributed by atoms with Crippen molar-refractivity contribution in [2.45, 2.75) is 128 Å². The second-order valence-corrected chi connectivity index (χ2v) is 13.6. The van der Waals surface area contributed by atoms with Crippen LogP contribution in [0.3, 0.4) is 0 Å². The molecule has 0 aliphatic carbocycles. The molecule has 13 nitrogen and oxygen atoms in total. The van der Waals surface area contributed by atoms with Crippen molar-refractivity contribution < 1.29 is 53.0 Å². The molecule has 0 spiro atoms. The summed E-state index contributed by atoms with van der Waals surface area (Å²) in [5, 5.41) is 23.6. The second-order valence-electron chi connectivity index (χ2n) is 13.6. The summed E-state index contributed by atoms with van der Waals surface area (Å²) in [5.41, 5.74) is -2.73. The van der Waals surface area contributed by atoms with Crippen LogP contribution in [0.15, 0.2) is 0 Å². The Bertz CT molecular complexity index is 1040. The van der Waals surface area contributed by atoms with Crippen LogP contribution in [0, 0.1) is 17.8 Å². The number of esters is 1. The highest BCUT2D eigenvalue weighted by Gasteiger charge is 2.56. The predicted octanol–water partition coefficient (Wildman–Crippen LogP) is 2.30. The number of nitrogens with zero attached hydrogens (tertiary/aromatic N) is 2. The lowest BCUT2D eigenvalue weighted by Crippen LogP contribution is -2.57. The van der Waals surface area contributed by atoms with Crippen molar-refractivity contribution in [2.75, 3.05) is 27.2 Å². The summed E-state index contributed by atoms with van der Waals surface area (Å²) in [4.78, 5) is 41.6. The van der Waals surface area contributed by atoms with E-state index in [-0.39, 0.29) is 24.5 Å². The molecule has 0 aromatic heterocycles. The van der Waals surface area contributed by atoms with Crippen molar-refractivity contribution in [1.82, 2.24) is 9.80 Å². The molecular weight excluding hydrogens is 564 g/mol. The number of likely N-dealkylation sites (N-methyl/N-ethyl adjacent to an activating group) is 2. The van der Waals surface area contributed by atoms with E-state index in [1.54, 1.807) is 34.7 Å². The quantitative estimate of drug-likeness (QED) is 0.354. The maximum atomic E-state index is 13.5. The van der Waals surface area contributed by atoms with Crippen molar-refractivity contribution in [3.8, 4) is 0 Å². The van der Waals surface area contributed by atoms with E-state index < -0.39 is 78.1 Å². The summed E-state index contributed by atoms with van der Waals surface area (Å²) in [6.45, 7) is 13.1. The van der Waals surface area contributed by atoms with Crippen molar-refractivity contribution >= 4 is 18.2 Å². The van der Waals surface area contributed by atoms with Crippen LogP contribution in [-0.2, 0) is 33.2 Å². The first-order valence-electron chi connectivity index (χ1n) is 15.4. The van der Waals surface area contributed by atoms with Crippen LogP contribution >= 0.6 is 0 Å². The van der Waals surface area contributed by atoms with E-state index >= 15 is 0 Å². The number of ether oxygens (including phenoxy) is 6. The Kier molecular flexibility index (Phi) is 9.92. The SMILES string of the molecule is CC[C@H]1OC(=O)[C@H](C)[C@H](O)[C@H](C)[C@@H](O[C@@H]2O[C@H](C)C[C@H]3[C@H]2OC(=O)N3C)[C@](C)(O)C[C@@H](C)CN(C)C[C@H]2OC(=O)O[C@@]21C. The third kappa shape index (κ3) is 6.75. The van der Waals surface area contributed by atoms with E-state index in [0.29, 0.717) is 25.9 Å². The van der Waals surface area contributed by atoms with Crippen LogP contribution in [-0.4, -0.2) is 126 Å². The molecule has 4 aliphatic rings. The molecule has 13 atom stereocenters. The molecule has 4 fully saturated rings. The average Bonchev–Trinajstić information content (AvgIpc) is 3.36. The van der Waals surface area contributed by atoms with Crippen molar-refractivity contribution in [3.63, 3.8) is 0 Å². The van der Waals surface area contributed by atoms with Crippen LogP contribution in [0.25, 0.3) is 0 Å². The fraction of sp³-hybridized carbons (Fsp3) is 0.900. The van der Waals surface area contributed by atoms with Gasteiger partial charge in [-0.3, -0.25) is 4.79 Å². The minimum absolute atomic E-state index is 0.0727. The van der Waals surface area contributed by atoms with Gasteiger partial charge in [-0.15, -0.1) is 0 Å². The van der Waals surface area contributed by atoms with E-state index in [1.807, 2.05) is 32.7 Å². The smallest absolute Gasteiger partial charge is 0.458 e. The van der Waals surface area contributed by atoms with Crippen LogP contribution in [0.4, 0.5) is 9.59 Å². The number of rotatable bonds is 3. The number of carbonyl (C=O) groups excluding carboxylic acids is 3. The van der Waals surface area contributed by atoms with Gasteiger partial charge in [0.15, 0.2) is 24.1 Å². The van der Waals surface area contributed by atoms with Crippen molar-refractivity contribution in [1.29, 1.82) is 0 Å². The van der Waals surface area contributed by atoms with E-state index in [1.165, 1.54) is 4.90 Å². The molecule has 0 aromatic carbocycles. The Morgan fingerprint density at radius 2 is 1.70 bits per heavy atom. The molecule has 0 unspecified atom stereocenters. The van der Waals surface area contributed by atoms with Crippen molar-refractivity contribution in [2.24, 2.45) is 17.8 Å². The van der Waals surface area contributed by atoms with E-state index in [2.05, 4.69) is 0 Å². The van der Waals surface area contributed by atoms with Gasteiger partial charge in [0, 0.05) is 26.1 Å². The Morgan fingerprint density at radius 3 is 2.35 bits per heavy atom. The number of fused-ring (bicyclic) bond motifs is 2. The van der Waals surface area contributed by atoms with Gasteiger partial charge in [0.05, 0.1) is 35.9 Å². The summed E-state index contributed by atoms with van der Waals surface area (Å²) >= 11 is 0. The van der Waals surface area contributed by atoms with Gasteiger partial charge in [0.2, 0.25) is 0 Å². The summed E-state index contributed by atoms with van der Waals surface area (Å²) < 4.78 is 35.2. The zero-order chi connectivity index (χ0) is 32.0. The zero-order valence-corrected chi connectivity index (χ0v) is 26.8. The first-order valence-corrected chi connectivity index (χ1v) is 15.4. The lowest BCUT2D eigenvalue weighted by atomic mass is 9.78. The minimum Gasteiger partial charge on any atom is -0.458 e. The number of hydrogen-bond acceptors (Lipinski definition) is 12. The molecule has 4 heterocycles. The molecule has 1 amide bonds. The Labute approximate surface area is 254 Å². The van der Waals surface area contributed by atoms with Gasteiger partial charge >= 0.3 is 18.2 Å². The highest BCUT2D eigenvalue weighted by atomic mass is 16.8. The first kappa shape index (κ1) is 33.7. The topological polar surface area (TPSA) is 154 Å².